The first-order chi connectivity index (χ1) is 6.97. The van der Waals surface area contributed by atoms with Gasteiger partial charge in [0.15, 0.2) is 0 Å². The third-order valence-corrected chi connectivity index (χ3v) is 1.37. The van der Waals surface area contributed by atoms with Crippen LogP contribution in [0, 0.1) is 0 Å². The third-order valence-electron chi connectivity index (χ3n) is 1.37. The largest absolute Gasteiger partial charge is 0.400 e. The smallest absolute Gasteiger partial charge is 0.207 e. The molecule has 94 valence electrons. The number of carbonyl (C=O) groups is 1. The first kappa shape index (κ1) is 19.9. The summed E-state index contributed by atoms with van der Waals surface area (Å²) < 4.78 is 4.94. The molecule has 0 aliphatic heterocycles. The van der Waals surface area contributed by atoms with Crippen molar-refractivity contribution in [3.8, 4) is 0 Å². The first-order valence-corrected chi connectivity index (χ1v) is 5.14. The lowest BCUT2D eigenvalue weighted by molar-refractivity contribution is -0.109. The summed E-state index contributed by atoms with van der Waals surface area (Å²) in [7, 11) is 2.71. The molecule has 0 aromatic rings. The lowest BCUT2D eigenvalue weighted by Gasteiger charge is -2.14. The SMILES string of the molecule is CCCCNC=O.CO.COC(C)(C)C. The molecule has 0 radical (unpaired) electrons. The van der Waals surface area contributed by atoms with Crippen LogP contribution in [0.5, 0.6) is 0 Å². The van der Waals surface area contributed by atoms with Crippen LogP contribution < -0.4 is 5.32 Å². The van der Waals surface area contributed by atoms with Crippen molar-refractivity contribution in [1.82, 2.24) is 5.32 Å². The predicted octanol–water partition coefficient (Wildman–Crippen LogP) is 1.57. The number of methoxy groups -OCH3 is 1. The summed E-state index contributed by atoms with van der Waals surface area (Å²) in [5.74, 6) is 0. The van der Waals surface area contributed by atoms with E-state index in [2.05, 4.69) is 12.2 Å². The van der Waals surface area contributed by atoms with Gasteiger partial charge >= 0.3 is 0 Å². The van der Waals surface area contributed by atoms with Crippen molar-refractivity contribution in [2.24, 2.45) is 0 Å². The topological polar surface area (TPSA) is 58.6 Å². The molecule has 0 unspecified atom stereocenters. The molecule has 2 N–H and O–H groups in total. The Bertz CT molecular complexity index is 111. The van der Waals surface area contributed by atoms with Crippen LogP contribution in [0.2, 0.25) is 0 Å². The number of carbonyl (C=O) groups excluding carboxylic acids is 1. The Balaban J connectivity index is -0.000000166. The number of hydrogen-bond donors (Lipinski definition) is 2. The van der Waals surface area contributed by atoms with Crippen LogP contribution in [0.1, 0.15) is 40.5 Å². The summed E-state index contributed by atoms with van der Waals surface area (Å²) in [6.45, 7) is 8.97. The summed E-state index contributed by atoms with van der Waals surface area (Å²) in [6.07, 6.45) is 2.95. The number of ether oxygens (including phenoxy) is 1. The summed E-state index contributed by atoms with van der Waals surface area (Å²) in [5.41, 5.74) is 0.0417. The van der Waals surface area contributed by atoms with Gasteiger partial charge < -0.3 is 15.2 Å². The average Bonchev–Trinajstić information content (AvgIpc) is 2.22. The summed E-state index contributed by atoms with van der Waals surface area (Å²) in [4.78, 5) is 9.57. The number of amides is 1. The molecule has 0 aliphatic carbocycles. The predicted molar refractivity (Wildman–Crippen MR) is 63.9 cm³/mol. The standard InChI is InChI=1S/C5H11NO.C5H12O.CH4O/c1-2-3-4-6-5-7;1-5(2,3)6-4;1-2/h5H,2-4H2,1H3,(H,6,7);1-4H3;2H,1H3. The molecule has 0 spiro atoms. The minimum atomic E-state index is 0.0417. The third kappa shape index (κ3) is 42.5. The monoisotopic (exact) mass is 221 g/mol. The number of aliphatic hydroxyl groups excluding tert-OH is 1. The van der Waals surface area contributed by atoms with Gasteiger partial charge in [-0.05, 0) is 27.2 Å². The lowest BCUT2D eigenvalue weighted by Crippen LogP contribution is -2.15. The van der Waals surface area contributed by atoms with Gasteiger partial charge in [0.05, 0.1) is 5.60 Å². The van der Waals surface area contributed by atoms with Gasteiger partial charge in [0.2, 0.25) is 6.41 Å². The highest BCUT2D eigenvalue weighted by atomic mass is 16.5. The van der Waals surface area contributed by atoms with Crippen molar-refractivity contribution < 1.29 is 14.6 Å². The van der Waals surface area contributed by atoms with E-state index in [-0.39, 0.29) is 5.60 Å². The molecule has 0 saturated heterocycles. The number of rotatable bonds is 4. The van der Waals surface area contributed by atoms with E-state index >= 15 is 0 Å². The Kier molecular flexibility index (Phi) is 21.0. The van der Waals surface area contributed by atoms with Gasteiger partial charge in [-0.15, -0.1) is 0 Å². The Morgan fingerprint density at radius 1 is 1.33 bits per heavy atom. The summed E-state index contributed by atoms with van der Waals surface area (Å²) >= 11 is 0. The second-order valence-electron chi connectivity index (χ2n) is 3.74. The fourth-order valence-electron chi connectivity index (χ4n) is 0.338. The first-order valence-electron chi connectivity index (χ1n) is 5.14. The van der Waals surface area contributed by atoms with Crippen LogP contribution in [-0.4, -0.2) is 37.9 Å². The van der Waals surface area contributed by atoms with Gasteiger partial charge in [-0.2, -0.15) is 0 Å². The summed E-state index contributed by atoms with van der Waals surface area (Å²) in [6, 6.07) is 0. The maximum atomic E-state index is 9.57. The molecule has 0 atom stereocenters. The maximum absolute atomic E-state index is 9.57. The van der Waals surface area contributed by atoms with E-state index in [1.54, 1.807) is 7.11 Å². The van der Waals surface area contributed by atoms with Crippen LogP contribution in [0.15, 0.2) is 0 Å². The van der Waals surface area contributed by atoms with Crippen molar-refractivity contribution in [3.63, 3.8) is 0 Å². The molecular weight excluding hydrogens is 194 g/mol. The second kappa shape index (κ2) is 15.8. The molecule has 0 heterocycles. The van der Waals surface area contributed by atoms with Crippen LogP contribution in [0.25, 0.3) is 0 Å². The van der Waals surface area contributed by atoms with Crippen molar-refractivity contribution in [2.75, 3.05) is 20.8 Å². The number of hydrogen-bond acceptors (Lipinski definition) is 3. The van der Waals surface area contributed by atoms with Crippen molar-refractivity contribution >= 4 is 6.41 Å². The Morgan fingerprint density at radius 3 is 1.93 bits per heavy atom. The highest BCUT2D eigenvalue weighted by molar-refractivity contribution is 5.45. The van der Waals surface area contributed by atoms with E-state index in [0.717, 1.165) is 32.9 Å². The van der Waals surface area contributed by atoms with E-state index < -0.39 is 0 Å². The zero-order chi connectivity index (χ0) is 12.7. The van der Waals surface area contributed by atoms with Crippen LogP contribution in [0.4, 0.5) is 0 Å². The van der Waals surface area contributed by atoms with Crippen molar-refractivity contribution in [2.45, 2.75) is 46.1 Å². The molecule has 1 amide bonds. The molecular formula is C11H27NO3. The number of aliphatic hydroxyl groups is 1. The zero-order valence-electron chi connectivity index (χ0n) is 11.0. The molecule has 4 nitrogen and oxygen atoms in total. The van der Waals surface area contributed by atoms with E-state index in [0.29, 0.717) is 0 Å². The Labute approximate surface area is 94.0 Å². The van der Waals surface area contributed by atoms with Crippen molar-refractivity contribution in [3.05, 3.63) is 0 Å². The maximum Gasteiger partial charge on any atom is 0.207 e. The second-order valence-corrected chi connectivity index (χ2v) is 3.74. The van der Waals surface area contributed by atoms with Crippen LogP contribution in [-0.2, 0) is 9.53 Å². The van der Waals surface area contributed by atoms with Crippen LogP contribution in [0.3, 0.4) is 0 Å². The molecule has 0 fully saturated rings. The van der Waals surface area contributed by atoms with Gasteiger partial charge in [-0.25, -0.2) is 0 Å². The molecule has 0 aromatic heterocycles. The zero-order valence-corrected chi connectivity index (χ0v) is 11.0. The van der Waals surface area contributed by atoms with Gasteiger partial charge in [0.25, 0.3) is 0 Å². The molecule has 0 bridgehead atoms. The minimum Gasteiger partial charge on any atom is -0.400 e. The highest BCUT2D eigenvalue weighted by Gasteiger charge is 2.03. The molecule has 15 heavy (non-hydrogen) atoms. The number of unbranched alkanes of at least 4 members (excludes halogenated alkanes) is 1. The van der Waals surface area contributed by atoms with E-state index in [1.807, 2.05) is 20.8 Å². The Hall–Kier alpha value is -0.610. The lowest BCUT2D eigenvalue weighted by atomic mass is 10.2. The highest BCUT2D eigenvalue weighted by Crippen LogP contribution is 2.02. The summed E-state index contributed by atoms with van der Waals surface area (Å²) in [5, 5.41) is 9.57. The molecule has 0 saturated carbocycles. The molecule has 4 heteroatoms. The molecule has 0 aliphatic rings. The van der Waals surface area contributed by atoms with Crippen molar-refractivity contribution in [1.29, 1.82) is 0 Å². The molecule has 0 aromatic carbocycles. The van der Waals surface area contributed by atoms with E-state index in [1.165, 1.54) is 0 Å². The van der Waals surface area contributed by atoms with Gasteiger partial charge in [-0.3, -0.25) is 4.79 Å². The fourth-order valence-corrected chi connectivity index (χ4v) is 0.338. The van der Waals surface area contributed by atoms with Gasteiger partial charge in [0.1, 0.15) is 0 Å². The molecule has 0 rings (SSSR count). The van der Waals surface area contributed by atoms with E-state index in [9.17, 15) is 4.79 Å². The van der Waals surface area contributed by atoms with E-state index in [4.69, 9.17) is 9.84 Å². The van der Waals surface area contributed by atoms with Gasteiger partial charge in [-0.1, -0.05) is 13.3 Å². The number of nitrogens with one attached hydrogen (secondary N) is 1. The quantitative estimate of drug-likeness (QED) is 0.559. The fraction of sp³-hybridized carbons (Fsp3) is 0.909. The van der Waals surface area contributed by atoms with Crippen LogP contribution >= 0.6 is 0 Å². The minimum absolute atomic E-state index is 0.0417. The Morgan fingerprint density at radius 2 is 1.73 bits per heavy atom. The normalized spacial score (nSPS) is 9.00. The van der Waals surface area contributed by atoms with Gasteiger partial charge in [0, 0.05) is 20.8 Å². The average molecular weight is 221 g/mol.